The van der Waals surface area contributed by atoms with E-state index in [2.05, 4.69) is 10.3 Å². The zero-order valence-electron chi connectivity index (χ0n) is 13.2. The Hall–Kier alpha value is -2.21. The van der Waals surface area contributed by atoms with Crippen LogP contribution in [0.2, 0.25) is 0 Å². The number of pyridine rings is 1. The second-order valence-electron chi connectivity index (χ2n) is 5.31. The average molecular weight is 332 g/mol. The van der Waals surface area contributed by atoms with E-state index in [0.29, 0.717) is 17.7 Å². The summed E-state index contributed by atoms with van der Waals surface area (Å²) in [5, 5.41) is 13.8. The lowest BCUT2D eigenvalue weighted by Gasteiger charge is -2.15. The van der Waals surface area contributed by atoms with Gasteiger partial charge in [0.25, 0.3) is 5.91 Å². The lowest BCUT2D eigenvalue weighted by atomic mass is 10.1. The number of amides is 1. The van der Waals surface area contributed by atoms with Crippen molar-refractivity contribution < 1.29 is 14.7 Å². The number of rotatable bonds is 7. The van der Waals surface area contributed by atoms with Crippen molar-refractivity contribution in [3.63, 3.8) is 0 Å². The van der Waals surface area contributed by atoms with Gasteiger partial charge in [0.1, 0.15) is 6.04 Å². The molecule has 2 aromatic heterocycles. The molecule has 0 fully saturated rings. The van der Waals surface area contributed by atoms with E-state index in [4.69, 9.17) is 0 Å². The minimum atomic E-state index is -1.01. The largest absolute Gasteiger partial charge is 0.480 e. The molecule has 0 aromatic carbocycles. The molecule has 0 aliphatic carbocycles. The molecule has 0 unspecified atom stereocenters. The number of aryl methyl sites for hydroxylation is 1. The SMILES string of the molecule is CCCC[C@H](NC(=O)c1ccc(-c2cccs2)nc1C)C(=O)O. The molecule has 1 amide bonds. The summed E-state index contributed by atoms with van der Waals surface area (Å²) in [6, 6.07) is 6.54. The van der Waals surface area contributed by atoms with Crippen LogP contribution in [0.15, 0.2) is 29.6 Å². The summed E-state index contributed by atoms with van der Waals surface area (Å²) in [7, 11) is 0. The molecular weight excluding hydrogens is 312 g/mol. The van der Waals surface area contributed by atoms with Crippen molar-refractivity contribution in [2.75, 3.05) is 0 Å². The number of unbranched alkanes of at least 4 members (excludes halogenated alkanes) is 1. The van der Waals surface area contributed by atoms with Crippen molar-refractivity contribution in [2.45, 2.75) is 39.2 Å². The lowest BCUT2D eigenvalue weighted by molar-refractivity contribution is -0.139. The molecule has 0 aliphatic rings. The molecule has 0 aliphatic heterocycles. The van der Waals surface area contributed by atoms with Gasteiger partial charge in [-0.25, -0.2) is 4.79 Å². The molecule has 1 atom stereocenters. The molecule has 0 spiro atoms. The van der Waals surface area contributed by atoms with Crippen LogP contribution in [0, 0.1) is 6.92 Å². The maximum atomic E-state index is 12.3. The van der Waals surface area contributed by atoms with Crippen molar-refractivity contribution >= 4 is 23.2 Å². The molecule has 0 saturated carbocycles. The number of nitrogens with zero attached hydrogens (tertiary/aromatic N) is 1. The van der Waals surface area contributed by atoms with Crippen LogP contribution in [-0.2, 0) is 4.79 Å². The number of carbonyl (C=O) groups is 2. The molecule has 2 heterocycles. The number of aliphatic carboxylic acids is 1. The number of carboxylic acids is 1. The maximum absolute atomic E-state index is 12.3. The van der Waals surface area contributed by atoms with Gasteiger partial charge < -0.3 is 10.4 Å². The third kappa shape index (κ3) is 4.39. The van der Waals surface area contributed by atoms with E-state index in [1.165, 1.54) is 0 Å². The third-order valence-electron chi connectivity index (χ3n) is 3.55. The van der Waals surface area contributed by atoms with Crippen LogP contribution in [-0.4, -0.2) is 28.0 Å². The summed E-state index contributed by atoms with van der Waals surface area (Å²) in [5.41, 5.74) is 1.82. The molecule has 0 radical (unpaired) electrons. The van der Waals surface area contributed by atoms with Crippen LogP contribution < -0.4 is 5.32 Å². The number of aromatic nitrogens is 1. The van der Waals surface area contributed by atoms with Crippen LogP contribution in [0.5, 0.6) is 0 Å². The Bertz CT molecular complexity index is 683. The molecule has 6 heteroatoms. The van der Waals surface area contributed by atoms with E-state index in [1.54, 1.807) is 30.4 Å². The topological polar surface area (TPSA) is 79.3 Å². The lowest BCUT2D eigenvalue weighted by Crippen LogP contribution is -2.41. The van der Waals surface area contributed by atoms with E-state index in [9.17, 15) is 14.7 Å². The highest BCUT2D eigenvalue weighted by molar-refractivity contribution is 7.13. The Balaban J connectivity index is 2.14. The van der Waals surface area contributed by atoms with E-state index < -0.39 is 17.9 Å². The standard InChI is InChI=1S/C17H20N2O3S/c1-3-4-6-14(17(21)22)19-16(20)12-8-9-13(18-11(12)2)15-7-5-10-23-15/h5,7-10,14H,3-4,6H2,1-2H3,(H,19,20)(H,21,22)/t14-/m0/s1. The molecule has 0 saturated heterocycles. The van der Waals surface area contributed by atoms with Gasteiger partial charge in [-0.3, -0.25) is 9.78 Å². The molecule has 122 valence electrons. The first-order valence-electron chi connectivity index (χ1n) is 7.58. The Morgan fingerprint density at radius 3 is 2.70 bits per heavy atom. The zero-order valence-corrected chi connectivity index (χ0v) is 14.0. The smallest absolute Gasteiger partial charge is 0.326 e. The van der Waals surface area contributed by atoms with Crippen LogP contribution in [0.1, 0.15) is 42.2 Å². The molecule has 2 aromatic rings. The Kier molecular flexibility index (Phi) is 5.87. The van der Waals surface area contributed by atoms with Gasteiger partial charge in [0.2, 0.25) is 0 Å². The second-order valence-corrected chi connectivity index (χ2v) is 6.26. The summed E-state index contributed by atoms with van der Waals surface area (Å²) in [4.78, 5) is 29.1. The fraction of sp³-hybridized carbons (Fsp3) is 0.353. The van der Waals surface area contributed by atoms with Crippen molar-refractivity contribution in [1.29, 1.82) is 0 Å². The third-order valence-corrected chi connectivity index (χ3v) is 4.45. The number of carboxylic acid groups (broad SMARTS) is 1. The molecular formula is C17H20N2O3S. The number of carbonyl (C=O) groups excluding carboxylic acids is 1. The van der Waals surface area contributed by atoms with Crippen molar-refractivity contribution in [3.8, 4) is 10.6 Å². The number of nitrogens with one attached hydrogen (secondary N) is 1. The first kappa shape index (κ1) is 17.1. The highest BCUT2D eigenvalue weighted by Gasteiger charge is 2.21. The minimum Gasteiger partial charge on any atom is -0.480 e. The fourth-order valence-corrected chi connectivity index (χ4v) is 2.96. The molecule has 2 rings (SSSR count). The van der Waals surface area contributed by atoms with Gasteiger partial charge in [0.15, 0.2) is 0 Å². The summed E-state index contributed by atoms with van der Waals surface area (Å²) >= 11 is 1.58. The highest BCUT2D eigenvalue weighted by atomic mass is 32.1. The van der Waals surface area contributed by atoms with Crippen LogP contribution in [0.25, 0.3) is 10.6 Å². The quantitative estimate of drug-likeness (QED) is 0.813. The van der Waals surface area contributed by atoms with Crippen LogP contribution in [0.3, 0.4) is 0 Å². The molecule has 0 bridgehead atoms. The molecule has 5 nitrogen and oxygen atoms in total. The van der Waals surface area contributed by atoms with E-state index in [-0.39, 0.29) is 0 Å². The number of thiophene rings is 1. The predicted octanol–water partition coefficient (Wildman–Crippen LogP) is 3.49. The van der Waals surface area contributed by atoms with Gasteiger partial charge in [0, 0.05) is 0 Å². The van der Waals surface area contributed by atoms with Gasteiger partial charge in [-0.1, -0.05) is 25.8 Å². The van der Waals surface area contributed by atoms with Gasteiger partial charge in [-0.2, -0.15) is 0 Å². The Labute approximate surface area is 139 Å². The van der Waals surface area contributed by atoms with Crippen LogP contribution >= 0.6 is 11.3 Å². The average Bonchev–Trinajstić information content (AvgIpc) is 3.05. The van der Waals surface area contributed by atoms with Crippen molar-refractivity contribution in [1.82, 2.24) is 10.3 Å². The van der Waals surface area contributed by atoms with Crippen molar-refractivity contribution in [2.24, 2.45) is 0 Å². The Morgan fingerprint density at radius 2 is 2.13 bits per heavy atom. The van der Waals surface area contributed by atoms with Crippen LogP contribution in [0.4, 0.5) is 0 Å². The minimum absolute atomic E-state index is 0.392. The zero-order chi connectivity index (χ0) is 16.8. The molecule has 23 heavy (non-hydrogen) atoms. The van der Waals surface area contributed by atoms with Crippen molar-refractivity contribution in [3.05, 3.63) is 40.9 Å². The number of hydrogen-bond acceptors (Lipinski definition) is 4. The summed E-state index contributed by atoms with van der Waals surface area (Å²) in [5.74, 6) is -1.40. The Morgan fingerprint density at radius 1 is 1.35 bits per heavy atom. The summed E-state index contributed by atoms with van der Waals surface area (Å²) in [6.45, 7) is 3.74. The maximum Gasteiger partial charge on any atom is 0.326 e. The highest BCUT2D eigenvalue weighted by Crippen LogP contribution is 2.23. The normalized spacial score (nSPS) is 11.9. The fourth-order valence-electron chi connectivity index (χ4n) is 2.26. The monoisotopic (exact) mass is 332 g/mol. The predicted molar refractivity (Wildman–Crippen MR) is 90.7 cm³/mol. The van der Waals surface area contributed by atoms with E-state index >= 15 is 0 Å². The summed E-state index contributed by atoms with van der Waals surface area (Å²) < 4.78 is 0. The van der Waals surface area contributed by atoms with Gasteiger partial charge in [-0.05, 0) is 36.9 Å². The van der Waals surface area contributed by atoms with E-state index in [1.807, 2.05) is 24.4 Å². The van der Waals surface area contributed by atoms with Gasteiger partial charge in [-0.15, -0.1) is 11.3 Å². The second kappa shape index (κ2) is 7.87. The van der Waals surface area contributed by atoms with Gasteiger partial charge in [0.05, 0.1) is 21.8 Å². The number of hydrogen-bond donors (Lipinski definition) is 2. The first-order chi connectivity index (χ1) is 11.0. The summed E-state index contributed by atoms with van der Waals surface area (Å²) in [6.07, 6.45) is 2.07. The molecule has 2 N–H and O–H groups in total. The van der Waals surface area contributed by atoms with E-state index in [0.717, 1.165) is 23.4 Å². The first-order valence-corrected chi connectivity index (χ1v) is 8.46. The van der Waals surface area contributed by atoms with Gasteiger partial charge >= 0.3 is 5.97 Å².